The van der Waals surface area contributed by atoms with E-state index in [9.17, 15) is 4.39 Å². The normalized spacial score (nSPS) is 12.9. The number of aryl methyl sites for hydroxylation is 1. The van der Waals surface area contributed by atoms with E-state index in [1.54, 1.807) is 23.5 Å². The first-order valence-electron chi connectivity index (χ1n) is 6.93. The smallest absolute Gasteiger partial charge is 0.125 e. The molecule has 0 amide bonds. The Balaban J connectivity index is 2.05. The fourth-order valence-electron chi connectivity index (χ4n) is 2.68. The number of benzene rings is 1. The van der Waals surface area contributed by atoms with Crippen molar-refractivity contribution in [1.82, 2.24) is 9.55 Å². The Morgan fingerprint density at radius 2 is 2.24 bits per heavy atom. The van der Waals surface area contributed by atoms with Crippen molar-refractivity contribution in [3.05, 3.63) is 52.2 Å². The van der Waals surface area contributed by atoms with Crippen LogP contribution in [0.25, 0.3) is 11.0 Å². The van der Waals surface area contributed by atoms with Crippen LogP contribution in [0.4, 0.5) is 4.39 Å². The lowest BCUT2D eigenvalue weighted by molar-refractivity contribution is 0.540. The van der Waals surface area contributed by atoms with Gasteiger partial charge < -0.3 is 4.57 Å². The van der Waals surface area contributed by atoms with E-state index in [4.69, 9.17) is 11.6 Å². The van der Waals surface area contributed by atoms with Gasteiger partial charge in [0.25, 0.3) is 0 Å². The van der Waals surface area contributed by atoms with E-state index < -0.39 is 0 Å². The Hall–Kier alpha value is -1.39. The molecule has 5 heteroatoms. The summed E-state index contributed by atoms with van der Waals surface area (Å²) in [5.41, 5.74) is 1.67. The first-order chi connectivity index (χ1) is 10.2. The van der Waals surface area contributed by atoms with Gasteiger partial charge in [-0.15, -0.1) is 22.9 Å². The van der Waals surface area contributed by atoms with E-state index in [2.05, 4.69) is 34.0 Å². The minimum Gasteiger partial charge on any atom is -0.325 e. The summed E-state index contributed by atoms with van der Waals surface area (Å²) in [4.78, 5) is 5.93. The average Bonchev–Trinajstić information content (AvgIpc) is 3.06. The predicted molar refractivity (Wildman–Crippen MR) is 86.8 cm³/mol. The highest BCUT2D eigenvalue weighted by molar-refractivity contribution is 7.09. The van der Waals surface area contributed by atoms with Gasteiger partial charge >= 0.3 is 0 Å². The molecule has 3 aromatic rings. The molecule has 21 heavy (non-hydrogen) atoms. The molecule has 0 bridgehead atoms. The van der Waals surface area contributed by atoms with Crippen LogP contribution in [0.15, 0.2) is 35.7 Å². The van der Waals surface area contributed by atoms with E-state index in [0.29, 0.717) is 12.3 Å². The summed E-state index contributed by atoms with van der Waals surface area (Å²) in [6.45, 7) is 2.14. The lowest BCUT2D eigenvalue weighted by Gasteiger charge is -2.17. The van der Waals surface area contributed by atoms with Crippen molar-refractivity contribution in [2.45, 2.75) is 25.8 Å². The molecule has 3 rings (SSSR count). The maximum absolute atomic E-state index is 13.6. The van der Waals surface area contributed by atoms with Gasteiger partial charge in [-0.3, -0.25) is 0 Å². The van der Waals surface area contributed by atoms with Crippen LogP contribution in [-0.2, 0) is 12.8 Å². The summed E-state index contributed by atoms with van der Waals surface area (Å²) < 4.78 is 15.7. The highest BCUT2D eigenvalue weighted by atomic mass is 35.5. The van der Waals surface area contributed by atoms with Gasteiger partial charge in [-0.1, -0.05) is 6.07 Å². The number of fused-ring (bicyclic) bond motifs is 1. The Morgan fingerprint density at radius 1 is 1.38 bits per heavy atom. The van der Waals surface area contributed by atoms with Crippen LogP contribution in [0.2, 0.25) is 0 Å². The number of rotatable bonds is 5. The second-order valence-corrected chi connectivity index (χ2v) is 6.51. The molecule has 0 N–H and O–H groups in total. The second-order valence-electron chi connectivity index (χ2n) is 5.10. The molecule has 2 heterocycles. The maximum Gasteiger partial charge on any atom is 0.125 e. The van der Waals surface area contributed by atoms with Gasteiger partial charge in [-0.05, 0) is 36.6 Å². The zero-order valence-corrected chi connectivity index (χ0v) is 13.3. The summed E-state index contributed by atoms with van der Waals surface area (Å²) in [5, 5.41) is 2.08. The molecular formula is C16H16ClFN2S. The van der Waals surface area contributed by atoms with E-state index in [-0.39, 0.29) is 11.9 Å². The Kier molecular flexibility index (Phi) is 4.27. The molecule has 0 fully saturated rings. The third kappa shape index (κ3) is 2.97. The molecule has 2 nitrogen and oxygen atoms in total. The molecular weight excluding hydrogens is 307 g/mol. The zero-order valence-electron chi connectivity index (χ0n) is 11.7. The third-order valence-electron chi connectivity index (χ3n) is 3.56. The summed E-state index contributed by atoms with van der Waals surface area (Å²) in [6, 6.07) is 9.14. The Labute approximate surface area is 132 Å². The van der Waals surface area contributed by atoms with Gasteiger partial charge in [-0.2, -0.15) is 0 Å². The van der Waals surface area contributed by atoms with Crippen molar-refractivity contribution in [1.29, 1.82) is 0 Å². The first-order valence-corrected chi connectivity index (χ1v) is 8.35. The van der Waals surface area contributed by atoms with Crippen LogP contribution >= 0.6 is 22.9 Å². The summed E-state index contributed by atoms with van der Waals surface area (Å²) in [5.74, 6) is 1.21. The molecule has 0 radical (unpaired) electrons. The van der Waals surface area contributed by atoms with Crippen LogP contribution in [0.3, 0.4) is 0 Å². The fourth-order valence-corrected chi connectivity index (χ4v) is 3.68. The van der Waals surface area contributed by atoms with Crippen molar-refractivity contribution in [2.75, 3.05) is 5.88 Å². The third-order valence-corrected chi connectivity index (χ3v) is 4.65. The molecule has 110 valence electrons. The van der Waals surface area contributed by atoms with E-state index >= 15 is 0 Å². The molecule has 0 aliphatic carbocycles. The quantitative estimate of drug-likeness (QED) is 0.616. The number of hydrogen-bond donors (Lipinski definition) is 0. The molecule has 0 saturated heterocycles. The van der Waals surface area contributed by atoms with Crippen molar-refractivity contribution in [3.63, 3.8) is 0 Å². The minimum atomic E-state index is -0.232. The fraction of sp³-hybridized carbons (Fsp3) is 0.312. The predicted octanol–water partition coefficient (Wildman–Crippen LogP) is 4.82. The molecule has 0 spiro atoms. The Bertz CT molecular complexity index is 736. The lowest BCUT2D eigenvalue weighted by atomic mass is 10.2. The van der Waals surface area contributed by atoms with E-state index in [1.165, 1.54) is 10.9 Å². The largest absolute Gasteiger partial charge is 0.325 e. The number of imidazole rings is 1. The maximum atomic E-state index is 13.6. The molecule has 2 aromatic heterocycles. The molecule has 0 aliphatic heterocycles. The number of hydrogen-bond acceptors (Lipinski definition) is 2. The first kappa shape index (κ1) is 14.5. The highest BCUT2D eigenvalue weighted by Crippen LogP contribution is 2.26. The number of alkyl halides is 1. The Morgan fingerprint density at radius 3 is 2.95 bits per heavy atom. The van der Waals surface area contributed by atoms with Crippen molar-refractivity contribution < 1.29 is 4.39 Å². The standard InChI is InChI=1S/C16H16ClFN2S/c1-11(9-13-3-2-8-21-13)20-15-10-12(18)4-5-14(15)19-16(20)6-7-17/h2-5,8,10-11H,6-7,9H2,1H3. The summed E-state index contributed by atoms with van der Waals surface area (Å²) >= 11 is 7.63. The van der Waals surface area contributed by atoms with Gasteiger partial charge in [0.1, 0.15) is 11.6 Å². The van der Waals surface area contributed by atoms with E-state index in [1.807, 2.05) is 0 Å². The molecule has 1 atom stereocenters. The minimum absolute atomic E-state index is 0.216. The topological polar surface area (TPSA) is 17.8 Å². The van der Waals surface area contributed by atoms with Crippen molar-refractivity contribution in [3.8, 4) is 0 Å². The molecule has 1 unspecified atom stereocenters. The van der Waals surface area contributed by atoms with Gasteiger partial charge in [0, 0.05) is 29.6 Å². The number of thiophene rings is 1. The highest BCUT2D eigenvalue weighted by Gasteiger charge is 2.16. The van der Waals surface area contributed by atoms with E-state index in [0.717, 1.165) is 23.3 Å². The van der Waals surface area contributed by atoms with Gasteiger partial charge in [0.05, 0.1) is 11.0 Å². The second kappa shape index (κ2) is 6.16. The number of nitrogens with zero attached hydrogens (tertiary/aromatic N) is 2. The lowest BCUT2D eigenvalue weighted by Crippen LogP contribution is -2.12. The summed E-state index contributed by atoms with van der Waals surface area (Å²) in [7, 11) is 0. The van der Waals surface area contributed by atoms with Crippen molar-refractivity contribution >= 4 is 34.0 Å². The van der Waals surface area contributed by atoms with Crippen LogP contribution < -0.4 is 0 Å². The van der Waals surface area contributed by atoms with Gasteiger partial charge in [-0.25, -0.2) is 9.37 Å². The van der Waals surface area contributed by atoms with Crippen LogP contribution in [0, 0.1) is 5.82 Å². The van der Waals surface area contributed by atoms with Crippen LogP contribution in [0.1, 0.15) is 23.7 Å². The van der Waals surface area contributed by atoms with Gasteiger partial charge in [0.15, 0.2) is 0 Å². The summed E-state index contributed by atoms with van der Waals surface area (Å²) in [6.07, 6.45) is 1.60. The molecule has 1 aromatic carbocycles. The van der Waals surface area contributed by atoms with Crippen molar-refractivity contribution in [2.24, 2.45) is 0 Å². The number of halogens is 2. The van der Waals surface area contributed by atoms with Gasteiger partial charge in [0.2, 0.25) is 0 Å². The SMILES string of the molecule is CC(Cc1cccs1)n1c(CCCl)nc2ccc(F)cc21. The monoisotopic (exact) mass is 322 g/mol. The van der Waals surface area contributed by atoms with Crippen LogP contribution in [-0.4, -0.2) is 15.4 Å². The molecule has 0 aliphatic rings. The average molecular weight is 323 g/mol. The molecule has 0 saturated carbocycles. The van der Waals surface area contributed by atoms with Crippen LogP contribution in [0.5, 0.6) is 0 Å². The number of aromatic nitrogens is 2. The zero-order chi connectivity index (χ0) is 14.8.